The number of anilines is 1. The third kappa shape index (κ3) is 3.42. The number of nitro benzene ring substituents is 1. The fourth-order valence-corrected chi connectivity index (χ4v) is 1.89. The molecule has 2 aromatic rings. The van der Waals surface area contributed by atoms with Crippen LogP contribution >= 0.6 is 11.6 Å². The third-order valence-electron chi connectivity index (χ3n) is 2.57. The molecule has 0 aliphatic rings. The average molecular weight is 299 g/mol. The predicted octanol–water partition coefficient (Wildman–Crippen LogP) is 4.14. The highest BCUT2D eigenvalue weighted by Crippen LogP contribution is 2.21. The zero-order valence-corrected chi connectivity index (χ0v) is 10.8. The number of hydrogen-bond acceptors (Lipinski definition) is 3. The molecule has 0 saturated heterocycles. The first kappa shape index (κ1) is 14.2. The van der Waals surface area contributed by atoms with Crippen molar-refractivity contribution in [2.75, 3.05) is 5.32 Å². The van der Waals surface area contributed by atoms with Crippen molar-refractivity contribution in [2.45, 2.75) is 6.54 Å². The van der Waals surface area contributed by atoms with Gasteiger partial charge in [-0.25, -0.2) is 4.39 Å². The highest BCUT2D eigenvalue weighted by molar-refractivity contribution is 6.30. The summed E-state index contributed by atoms with van der Waals surface area (Å²) in [5.41, 5.74) is 0.352. The molecular formula is C13H9ClF2N2O2. The molecule has 0 bridgehead atoms. The SMILES string of the molecule is O=[N+]([O-])c1ccc(CNc2cc(F)cc(Cl)c2)cc1F. The van der Waals surface area contributed by atoms with Gasteiger partial charge in [-0.2, -0.15) is 4.39 Å². The van der Waals surface area contributed by atoms with E-state index in [0.717, 1.165) is 18.2 Å². The second kappa shape index (κ2) is 5.83. The van der Waals surface area contributed by atoms with Gasteiger partial charge in [0.05, 0.1) is 4.92 Å². The minimum atomic E-state index is -0.911. The Labute approximate surface area is 118 Å². The van der Waals surface area contributed by atoms with Crippen molar-refractivity contribution >= 4 is 23.0 Å². The molecule has 0 fully saturated rings. The van der Waals surface area contributed by atoms with Crippen molar-refractivity contribution in [3.05, 3.63) is 68.7 Å². The molecule has 20 heavy (non-hydrogen) atoms. The molecule has 0 amide bonds. The summed E-state index contributed by atoms with van der Waals surface area (Å²) in [7, 11) is 0. The Balaban J connectivity index is 2.11. The Morgan fingerprint density at radius 2 is 1.95 bits per heavy atom. The van der Waals surface area contributed by atoms with E-state index in [4.69, 9.17) is 11.6 Å². The molecule has 0 unspecified atom stereocenters. The fourth-order valence-electron chi connectivity index (χ4n) is 1.67. The van der Waals surface area contributed by atoms with Gasteiger partial charge in [-0.05, 0) is 29.8 Å². The van der Waals surface area contributed by atoms with Gasteiger partial charge in [0.15, 0.2) is 0 Å². The maximum absolute atomic E-state index is 13.4. The van der Waals surface area contributed by atoms with Crippen LogP contribution in [0.15, 0.2) is 36.4 Å². The van der Waals surface area contributed by atoms with E-state index < -0.39 is 22.2 Å². The van der Waals surface area contributed by atoms with Crippen LogP contribution < -0.4 is 5.32 Å². The van der Waals surface area contributed by atoms with Gasteiger partial charge in [-0.15, -0.1) is 0 Å². The first-order valence-electron chi connectivity index (χ1n) is 5.58. The van der Waals surface area contributed by atoms with E-state index in [1.165, 1.54) is 18.2 Å². The minimum Gasteiger partial charge on any atom is -0.381 e. The highest BCUT2D eigenvalue weighted by Gasteiger charge is 2.13. The molecule has 0 atom stereocenters. The van der Waals surface area contributed by atoms with Crippen molar-refractivity contribution in [3.63, 3.8) is 0 Å². The van der Waals surface area contributed by atoms with Crippen molar-refractivity contribution in [3.8, 4) is 0 Å². The first-order valence-corrected chi connectivity index (χ1v) is 5.96. The molecule has 0 aliphatic heterocycles. The quantitative estimate of drug-likeness (QED) is 0.682. The summed E-state index contributed by atoms with van der Waals surface area (Å²) in [6.07, 6.45) is 0. The lowest BCUT2D eigenvalue weighted by atomic mass is 10.2. The van der Waals surface area contributed by atoms with E-state index in [2.05, 4.69) is 5.32 Å². The number of nitro groups is 1. The van der Waals surface area contributed by atoms with Crippen LogP contribution in [-0.4, -0.2) is 4.92 Å². The Morgan fingerprint density at radius 3 is 2.55 bits per heavy atom. The standard InChI is InChI=1S/C13H9ClF2N2O2/c14-9-4-10(15)6-11(5-9)17-7-8-1-2-13(18(19)20)12(16)3-8/h1-6,17H,7H2. The Hall–Kier alpha value is -2.21. The van der Waals surface area contributed by atoms with Crippen molar-refractivity contribution in [1.82, 2.24) is 0 Å². The highest BCUT2D eigenvalue weighted by atomic mass is 35.5. The predicted molar refractivity (Wildman–Crippen MR) is 71.8 cm³/mol. The smallest absolute Gasteiger partial charge is 0.304 e. The van der Waals surface area contributed by atoms with Crippen LogP contribution in [0.25, 0.3) is 0 Å². The molecule has 2 rings (SSSR count). The summed E-state index contributed by atoms with van der Waals surface area (Å²) >= 11 is 5.70. The van der Waals surface area contributed by atoms with E-state index in [0.29, 0.717) is 11.3 Å². The molecule has 4 nitrogen and oxygen atoms in total. The Bertz CT molecular complexity index is 645. The van der Waals surface area contributed by atoms with E-state index in [-0.39, 0.29) is 11.6 Å². The van der Waals surface area contributed by atoms with Gasteiger partial charge in [0.2, 0.25) is 5.82 Å². The van der Waals surface area contributed by atoms with Gasteiger partial charge < -0.3 is 5.32 Å². The summed E-state index contributed by atoms with van der Waals surface area (Å²) < 4.78 is 26.5. The Kier molecular flexibility index (Phi) is 4.14. The number of rotatable bonds is 4. The maximum atomic E-state index is 13.4. The monoisotopic (exact) mass is 298 g/mol. The molecular weight excluding hydrogens is 290 g/mol. The number of halogens is 3. The van der Waals surface area contributed by atoms with Gasteiger partial charge >= 0.3 is 5.69 Å². The van der Waals surface area contributed by atoms with Crippen LogP contribution in [0.4, 0.5) is 20.2 Å². The van der Waals surface area contributed by atoms with Crippen LogP contribution in [0.3, 0.4) is 0 Å². The lowest BCUT2D eigenvalue weighted by Crippen LogP contribution is -2.01. The van der Waals surface area contributed by atoms with Crippen molar-refractivity contribution < 1.29 is 13.7 Å². The molecule has 7 heteroatoms. The van der Waals surface area contributed by atoms with Crippen LogP contribution in [0.2, 0.25) is 5.02 Å². The summed E-state index contributed by atoms with van der Waals surface area (Å²) in [5, 5.41) is 13.6. The summed E-state index contributed by atoms with van der Waals surface area (Å²) in [6, 6.07) is 7.50. The van der Waals surface area contributed by atoms with Crippen LogP contribution in [-0.2, 0) is 6.54 Å². The van der Waals surface area contributed by atoms with Gasteiger partial charge in [-0.3, -0.25) is 10.1 Å². The van der Waals surface area contributed by atoms with E-state index in [9.17, 15) is 18.9 Å². The third-order valence-corrected chi connectivity index (χ3v) is 2.79. The lowest BCUT2D eigenvalue weighted by Gasteiger charge is -2.07. The molecule has 0 aromatic heterocycles. The molecule has 2 aromatic carbocycles. The molecule has 104 valence electrons. The van der Waals surface area contributed by atoms with Gasteiger partial charge in [0.25, 0.3) is 0 Å². The van der Waals surface area contributed by atoms with Crippen LogP contribution in [0, 0.1) is 21.7 Å². The average Bonchev–Trinajstić information content (AvgIpc) is 2.35. The fraction of sp³-hybridized carbons (Fsp3) is 0.0769. The maximum Gasteiger partial charge on any atom is 0.304 e. The number of nitrogens with zero attached hydrogens (tertiary/aromatic N) is 1. The summed E-state index contributed by atoms with van der Waals surface area (Å²) in [6.45, 7) is 0.189. The van der Waals surface area contributed by atoms with Gasteiger partial charge in [0, 0.05) is 23.3 Å². The van der Waals surface area contributed by atoms with Crippen LogP contribution in [0.5, 0.6) is 0 Å². The largest absolute Gasteiger partial charge is 0.381 e. The van der Waals surface area contributed by atoms with Crippen LogP contribution in [0.1, 0.15) is 5.56 Å². The molecule has 0 saturated carbocycles. The van der Waals surface area contributed by atoms with Gasteiger partial charge in [-0.1, -0.05) is 17.7 Å². The normalized spacial score (nSPS) is 10.3. The first-order chi connectivity index (χ1) is 9.45. The zero-order valence-electron chi connectivity index (χ0n) is 10.1. The number of nitrogens with one attached hydrogen (secondary N) is 1. The molecule has 1 N–H and O–H groups in total. The summed E-state index contributed by atoms with van der Waals surface area (Å²) in [4.78, 5) is 9.69. The lowest BCUT2D eigenvalue weighted by molar-refractivity contribution is -0.387. The molecule has 0 spiro atoms. The molecule has 0 aliphatic carbocycles. The second-order valence-electron chi connectivity index (χ2n) is 4.05. The topological polar surface area (TPSA) is 55.2 Å². The van der Waals surface area contributed by atoms with E-state index >= 15 is 0 Å². The van der Waals surface area contributed by atoms with Crippen molar-refractivity contribution in [1.29, 1.82) is 0 Å². The zero-order chi connectivity index (χ0) is 14.7. The number of hydrogen-bond donors (Lipinski definition) is 1. The second-order valence-corrected chi connectivity index (χ2v) is 4.49. The van der Waals surface area contributed by atoms with Crippen molar-refractivity contribution in [2.24, 2.45) is 0 Å². The number of benzene rings is 2. The van der Waals surface area contributed by atoms with E-state index in [1.54, 1.807) is 0 Å². The van der Waals surface area contributed by atoms with Gasteiger partial charge in [0.1, 0.15) is 5.82 Å². The van der Waals surface area contributed by atoms with E-state index in [1.807, 2.05) is 0 Å². The Morgan fingerprint density at radius 1 is 1.20 bits per heavy atom. The minimum absolute atomic E-state index is 0.189. The molecule has 0 heterocycles. The summed E-state index contributed by atoms with van der Waals surface area (Å²) in [5.74, 6) is -1.40. The molecule has 0 radical (unpaired) electrons.